The Kier molecular flexibility index (Phi) is 4.72. The van der Waals surface area contributed by atoms with Crippen molar-refractivity contribution in [1.82, 2.24) is 0 Å². The molecule has 0 aliphatic heterocycles. The minimum absolute atomic E-state index is 0.0857. The summed E-state index contributed by atoms with van der Waals surface area (Å²) in [6.45, 7) is 1.90. The van der Waals surface area contributed by atoms with Crippen LogP contribution >= 0.6 is 27.3 Å². The van der Waals surface area contributed by atoms with E-state index in [1.54, 1.807) is 6.08 Å². The fraction of sp³-hybridized carbons (Fsp3) is 0.0667. The lowest BCUT2D eigenvalue weighted by Gasteiger charge is -2.06. The van der Waals surface area contributed by atoms with Crippen LogP contribution in [0, 0.1) is 18.3 Å². The quantitative estimate of drug-likeness (QED) is 0.662. The van der Waals surface area contributed by atoms with E-state index in [1.165, 1.54) is 11.3 Å². The summed E-state index contributed by atoms with van der Waals surface area (Å²) in [5, 5.41) is 13.8. The van der Waals surface area contributed by atoms with E-state index in [1.807, 2.05) is 48.7 Å². The van der Waals surface area contributed by atoms with E-state index in [0.29, 0.717) is 5.69 Å². The summed E-state index contributed by atoms with van der Waals surface area (Å²) < 4.78 is 0.936. The fourth-order valence-electron chi connectivity index (χ4n) is 1.60. The smallest absolute Gasteiger partial charge is 0.266 e. The first-order valence-corrected chi connectivity index (χ1v) is 7.50. The van der Waals surface area contributed by atoms with Crippen molar-refractivity contribution in [3.63, 3.8) is 0 Å². The van der Waals surface area contributed by atoms with Gasteiger partial charge in [-0.1, -0.05) is 18.2 Å². The monoisotopic (exact) mass is 346 g/mol. The Morgan fingerprint density at radius 2 is 2.20 bits per heavy atom. The molecule has 0 saturated heterocycles. The first kappa shape index (κ1) is 14.5. The highest BCUT2D eigenvalue weighted by atomic mass is 79.9. The van der Waals surface area contributed by atoms with Gasteiger partial charge >= 0.3 is 0 Å². The third kappa shape index (κ3) is 3.56. The number of hydrogen-bond donors (Lipinski definition) is 1. The van der Waals surface area contributed by atoms with Gasteiger partial charge in [0.15, 0.2) is 0 Å². The highest BCUT2D eigenvalue weighted by Crippen LogP contribution is 2.22. The third-order valence-corrected chi connectivity index (χ3v) is 4.27. The Morgan fingerprint density at radius 1 is 1.45 bits per heavy atom. The minimum atomic E-state index is -0.397. The van der Waals surface area contributed by atoms with Crippen LogP contribution in [-0.2, 0) is 4.79 Å². The van der Waals surface area contributed by atoms with E-state index in [-0.39, 0.29) is 5.57 Å². The van der Waals surface area contributed by atoms with E-state index in [4.69, 9.17) is 5.26 Å². The number of carbonyl (C=O) groups excluding carboxylic acids is 1. The Morgan fingerprint density at radius 3 is 2.80 bits per heavy atom. The molecule has 1 aromatic carbocycles. The summed E-state index contributed by atoms with van der Waals surface area (Å²) in [7, 11) is 0. The molecule has 0 fully saturated rings. The summed E-state index contributed by atoms with van der Waals surface area (Å²) in [5.74, 6) is -0.397. The van der Waals surface area contributed by atoms with Gasteiger partial charge in [-0.15, -0.1) is 11.3 Å². The van der Waals surface area contributed by atoms with Crippen LogP contribution in [0.5, 0.6) is 0 Å². The average molecular weight is 347 g/mol. The van der Waals surface area contributed by atoms with Crippen molar-refractivity contribution >= 4 is 44.9 Å². The van der Waals surface area contributed by atoms with Gasteiger partial charge in [0, 0.05) is 20.4 Å². The van der Waals surface area contributed by atoms with Gasteiger partial charge in [-0.2, -0.15) is 5.26 Å². The topological polar surface area (TPSA) is 52.9 Å². The molecule has 3 nitrogen and oxygen atoms in total. The van der Waals surface area contributed by atoms with Crippen molar-refractivity contribution in [2.45, 2.75) is 6.92 Å². The summed E-state index contributed by atoms with van der Waals surface area (Å²) >= 11 is 4.81. The van der Waals surface area contributed by atoms with Crippen LogP contribution in [0.2, 0.25) is 0 Å². The number of anilines is 1. The number of nitriles is 1. The lowest BCUT2D eigenvalue weighted by Crippen LogP contribution is -2.14. The molecule has 0 atom stereocenters. The van der Waals surface area contributed by atoms with Crippen LogP contribution < -0.4 is 5.32 Å². The maximum absolute atomic E-state index is 12.1. The number of para-hydroxylation sites is 1. The molecule has 0 saturated carbocycles. The number of nitrogens with zero attached hydrogens (tertiary/aromatic N) is 1. The average Bonchev–Trinajstić information content (AvgIpc) is 2.84. The van der Waals surface area contributed by atoms with Gasteiger partial charge in [0.2, 0.25) is 0 Å². The first-order valence-electron chi connectivity index (χ1n) is 5.83. The zero-order valence-corrected chi connectivity index (χ0v) is 13.1. The van der Waals surface area contributed by atoms with Crippen LogP contribution in [0.3, 0.4) is 0 Å². The number of thiophene rings is 1. The molecule has 1 N–H and O–H groups in total. The van der Waals surface area contributed by atoms with Gasteiger partial charge in [0.1, 0.15) is 11.6 Å². The number of hydrogen-bond acceptors (Lipinski definition) is 3. The number of benzene rings is 1. The van der Waals surface area contributed by atoms with Gasteiger partial charge in [-0.3, -0.25) is 4.79 Å². The van der Waals surface area contributed by atoms with Gasteiger partial charge < -0.3 is 5.32 Å². The second-order valence-electron chi connectivity index (χ2n) is 4.11. The molecule has 1 heterocycles. The second-order valence-corrected chi connectivity index (χ2v) is 5.96. The molecule has 0 aliphatic rings. The molecule has 100 valence electrons. The van der Waals surface area contributed by atoms with E-state index < -0.39 is 5.91 Å². The maximum atomic E-state index is 12.1. The number of amides is 1. The Hall–Kier alpha value is -1.90. The molecule has 0 unspecified atom stereocenters. The highest BCUT2D eigenvalue weighted by molar-refractivity contribution is 9.10. The van der Waals surface area contributed by atoms with Crippen molar-refractivity contribution in [2.75, 3.05) is 5.32 Å². The molecule has 1 amide bonds. The van der Waals surface area contributed by atoms with Crippen molar-refractivity contribution < 1.29 is 4.79 Å². The third-order valence-electron chi connectivity index (χ3n) is 2.63. The number of carbonyl (C=O) groups is 1. The molecule has 0 bridgehead atoms. The fourth-order valence-corrected chi connectivity index (χ4v) is 2.97. The second kappa shape index (κ2) is 6.51. The van der Waals surface area contributed by atoms with Crippen LogP contribution in [0.1, 0.15) is 10.4 Å². The van der Waals surface area contributed by atoms with E-state index >= 15 is 0 Å². The SMILES string of the molecule is Cc1ccccc1NC(=O)/C(C#N)=C/c1cc(Br)cs1. The number of aryl methyl sites for hydroxylation is 1. The molecular formula is C15H11BrN2OS. The Bertz CT molecular complexity index is 713. The summed E-state index contributed by atoms with van der Waals surface area (Å²) in [4.78, 5) is 13.0. The van der Waals surface area contributed by atoms with Crippen LogP contribution in [0.15, 0.2) is 45.8 Å². The zero-order valence-electron chi connectivity index (χ0n) is 10.7. The Balaban J connectivity index is 2.21. The molecule has 1 aromatic heterocycles. The van der Waals surface area contributed by atoms with E-state index in [0.717, 1.165) is 14.9 Å². The van der Waals surface area contributed by atoms with Crippen molar-refractivity contribution in [2.24, 2.45) is 0 Å². The summed E-state index contributed by atoms with van der Waals surface area (Å²) in [5.41, 5.74) is 1.76. The molecule has 0 spiro atoms. The molecule has 20 heavy (non-hydrogen) atoms. The van der Waals surface area contributed by atoms with E-state index in [9.17, 15) is 4.79 Å². The molecule has 0 aliphatic carbocycles. The highest BCUT2D eigenvalue weighted by Gasteiger charge is 2.11. The van der Waals surface area contributed by atoms with Crippen LogP contribution in [0.4, 0.5) is 5.69 Å². The predicted molar refractivity (Wildman–Crippen MR) is 85.4 cm³/mol. The predicted octanol–water partition coefficient (Wildman–Crippen LogP) is 4.36. The number of halogens is 1. The molecule has 5 heteroatoms. The molecule has 0 radical (unpaired) electrons. The van der Waals surface area contributed by atoms with Crippen molar-refractivity contribution in [1.29, 1.82) is 5.26 Å². The lowest BCUT2D eigenvalue weighted by molar-refractivity contribution is -0.112. The van der Waals surface area contributed by atoms with Gasteiger partial charge in [-0.25, -0.2) is 0 Å². The largest absolute Gasteiger partial charge is 0.321 e. The maximum Gasteiger partial charge on any atom is 0.266 e. The van der Waals surface area contributed by atoms with Crippen LogP contribution in [-0.4, -0.2) is 5.91 Å². The normalized spacial score (nSPS) is 10.9. The van der Waals surface area contributed by atoms with Gasteiger partial charge in [-0.05, 0) is 46.6 Å². The van der Waals surface area contributed by atoms with Crippen molar-refractivity contribution in [3.8, 4) is 6.07 Å². The lowest BCUT2D eigenvalue weighted by atomic mass is 10.2. The number of rotatable bonds is 3. The Labute approximate surface area is 129 Å². The minimum Gasteiger partial charge on any atom is -0.321 e. The molecule has 2 aromatic rings. The molecular weight excluding hydrogens is 336 g/mol. The van der Waals surface area contributed by atoms with Crippen LogP contribution in [0.25, 0.3) is 6.08 Å². The van der Waals surface area contributed by atoms with Gasteiger partial charge in [0.05, 0.1) is 0 Å². The molecule has 2 rings (SSSR count). The zero-order chi connectivity index (χ0) is 14.5. The van der Waals surface area contributed by atoms with E-state index in [2.05, 4.69) is 21.2 Å². The summed E-state index contributed by atoms with van der Waals surface area (Å²) in [6.07, 6.45) is 1.59. The summed E-state index contributed by atoms with van der Waals surface area (Å²) in [6, 6.07) is 11.3. The standard InChI is InChI=1S/C15H11BrN2OS/c1-10-4-2-3-5-14(10)18-15(19)11(8-17)6-13-7-12(16)9-20-13/h2-7,9H,1H3,(H,18,19)/b11-6+. The van der Waals surface area contributed by atoms with Gasteiger partial charge in [0.25, 0.3) is 5.91 Å². The van der Waals surface area contributed by atoms with Crippen molar-refractivity contribution in [3.05, 3.63) is 56.2 Å². The number of nitrogens with one attached hydrogen (secondary N) is 1. The first-order chi connectivity index (χ1) is 9.60.